The zero-order chi connectivity index (χ0) is 15.9. The standard InChI is InChI=1S/C15H16ClN3O3/c1-22-8-2-7-17-14(20)13-9-12(18-15(21)19-13)10-3-5-11(16)6-4-10/h3-6,9H,2,7-8H2,1H3,(H,17,20)(H,18,19,21). The lowest BCUT2D eigenvalue weighted by molar-refractivity contribution is 0.0943. The van der Waals surface area contributed by atoms with E-state index >= 15 is 0 Å². The van der Waals surface area contributed by atoms with Gasteiger partial charge in [-0.2, -0.15) is 4.98 Å². The zero-order valence-electron chi connectivity index (χ0n) is 12.1. The lowest BCUT2D eigenvalue weighted by Crippen LogP contribution is -2.28. The molecule has 0 bridgehead atoms. The van der Waals surface area contributed by atoms with Gasteiger partial charge in [-0.1, -0.05) is 23.7 Å². The molecule has 6 nitrogen and oxygen atoms in total. The molecule has 0 fully saturated rings. The maximum atomic E-state index is 12.0. The topological polar surface area (TPSA) is 84.1 Å². The van der Waals surface area contributed by atoms with Crippen LogP contribution in [0.1, 0.15) is 16.9 Å². The van der Waals surface area contributed by atoms with E-state index in [1.807, 2.05) is 0 Å². The first kappa shape index (κ1) is 16.2. The maximum Gasteiger partial charge on any atom is 0.346 e. The minimum Gasteiger partial charge on any atom is -0.385 e. The molecule has 0 aliphatic heterocycles. The van der Waals surface area contributed by atoms with Gasteiger partial charge in [-0.15, -0.1) is 0 Å². The van der Waals surface area contributed by atoms with Crippen molar-refractivity contribution in [2.24, 2.45) is 0 Å². The molecule has 1 aromatic heterocycles. The Morgan fingerprint density at radius 3 is 2.77 bits per heavy atom. The van der Waals surface area contributed by atoms with Gasteiger partial charge in [0, 0.05) is 30.8 Å². The van der Waals surface area contributed by atoms with Crippen LogP contribution < -0.4 is 11.0 Å². The monoisotopic (exact) mass is 321 g/mol. The Morgan fingerprint density at radius 1 is 1.36 bits per heavy atom. The number of methoxy groups -OCH3 is 1. The Kier molecular flexibility index (Phi) is 5.68. The molecular weight excluding hydrogens is 306 g/mol. The largest absolute Gasteiger partial charge is 0.385 e. The van der Waals surface area contributed by atoms with Crippen LogP contribution in [0.2, 0.25) is 5.02 Å². The summed E-state index contributed by atoms with van der Waals surface area (Å²) in [7, 11) is 1.60. The number of rotatable bonds is 6. The number of nitrogens with one attached hydrogen (secondary N) is 2. The SMILES string of the molecule is COCCCNC(=O)c1cc(-c2ccc(Cl)cc2)nc(=O)[nH]1. The molecule has 0 saturated carbocycles. The molecule has 22 heavy (non-hydrogen) atoms. The second-order valence-corrected chi connectivity index (χ2v) is 5.03. The van der Waals surface area contributed by atoms with E-state index in [4.69, 9.17) is 16.3 Å². The van der Waals surface area contributed by atoms with E-state index in [-0.39, 0.29) is 11.6 Å². The quantitative estimate of drug-likeness (QED) is 0.795. The van der Waals surface area contributed by atoms with E-state index in [9.17, 15) is 9.59 Å². The maximum absolute atomic E-state index is 12.0. The van der Waals surface area contributed by atoms with Crippen LogP contribution in [0.15, 0.2) is 35.1 Å². The Morgan fingerprint density at radius 2 is 2.09 bits per heavy atom. The summed E-state index contributed by atoms with van der Waals surface area (Å²) < 4.78 is 4.91. The summed E-state index contributed by atoms with van der Waals surface area (Å²) in [5.41, 5.74) is 0.725. The summed E-state index contributed by atoms with van der Waals surface area (Å²) in [6, 6.07) is 8.42. The van der Waals surface area contributed by atoms with Gasteiger partial charge in [-0.05, 0) is 24.6 Å². The number of halogens is 1. The number of aromatic nitrogens is 2. The molecule has 0 saturated heterocycles. The molecule has 0 radical (unpaired) electrons. The van der Waals surface area contributed by atoms with E-state index in [0.29, 0.717) is 35.9 Å². The van der Waals surface area contributed by atoms with E-state index in [0.717, 1.165) is 0 Å². The molecule has 0 aliphatic rings. The predicted octanol–water partition coefficient (Wildman–Crippen LogP) is 1.86. The molecule has 116 valence electrons. The molecule has 7 heteroatoms. The fourth-order valence-electron chi connectivity index (χ4n) is 1.86. The Labute approximate surface area is 132 Å². The molecular formula is C15H16ClN3O3. The first-order chi connectivity index (χ1) is 10.6. The van der Waals surface area contributed by atoms with Crippen LogP contribution in [0.4, 0.5) is 0 Å². The summed E-state index contributed by atoms with van der Waals surface area (Å²) in [5, 5.41) is 3.30. The van der Waals surface area contributed by atoms with Crippen molar-refractivity contribution in [3.05, 3.63) is 51.5 Å². The van der Waals surface area contributed by atoms with Gasteiger partial charge in [-0.3, -0.25) is 4.79 Å². The summed E-state index contributed by atoms with van der Waals surface area (Å²) in [5.74, 6) is -0.356. The molecule has 2 N–H and O–H groups in total. The zero-order valence-corrected chi connectivity index (χ0v) is 12.8. The van der Waals surface area contributed by atoms with Gasteiger partial charge in [-0.25, -0.2) is 4.79 Å². The minimum atomic E-state index is -0.575. The lowest BCUT2D eigenvalue weighted by Gasteiger charge is -2.06. The summed E-state index contributed by atoms with van der Waals surface area (Å²) >= 11 is 5.83. The van der Waals surface area contributed by atoms with Gasteiger partial charge < -0.3 is 15.0 Å². The number of benzene rings is 1. The number of aromatic amines is 1. The van der Waals surface area contributed by atoms with Gasteiger partial charge >= 0.3 is 5.69 Å². The highest BCUT2D eigenvalue weighted by molar-refractivity contribution is 6.30. The van der Waals surface area contributed by atoms with Crippen LogP contribution in [-0.2, 0) is 4.74 Å². The number of carbonyl (C=O) groups excluding carboxylic acids is 1. The number of amides is 1. The van der Waals surface area contributed by atoms with Crippen LogP contribution in [0, 0.1) is 0 Å². The van der Waals surface area contributed by atoms with Crippen molar-refractivity contribution in [1.82, 2.24) is 15.3 Å². The fraction of sp³-hybridized carbons (Fsp3) is 0.267. The molecule has 1 aromatic carbocycles. The number of H-pyrrole nitrogens is 1. The van der Waals surface area contributed by atoms with Crippen LogP contribution in [-0.4, -0.2) is 36.1 Å². The number of nitrogens with zero attached hydrogens (tertiary/aromatic N) is 1. The molecule has 2 aromatic rings. The van der Waals surface area contributed by atoms with Crippen molar-refractivity contribution in [2.45, 2.75) is 6.42 Å². The van der Waals surface area contributed by atoms with Crippen molar-refractivity contribution in [1.29, 1.82) is 0 Å². The summed E-state index contributed by atoms with van der Waals surface area (Å²) in [6.45, 7) is 1.02. The van der Waals surface area contributed by atoms with Gasteiger partial charge in [0.2, 0.25) is 0 Å². The van der Waals surface area contributed by atoms with Gasteiger partial charge in [0.1, 0.15) is 5.69 Å². The summed E-state index contributed by atoms with van der Waals surface area (Å²) in [4.78, 5) is 30.0. The third-order valence-corrected chi connectivity index (χ3v) is 3.19. The average molecular weight is 322 g/mol. The Bertz CT molecular complexity index is 698. The Balaban J connectivity index is 2.18. The molecule has 0 atom stereocenters. The van der Waals surface area contributed by atoms with E-state index in [1.165, 1.54) is 6.07 Å². The average Bonchev–Trinajstić information content (AvgIpc) is 2.51. The van der Waals surface area contributed by atoms with Gasteiger partial charge in [0.15, 0.2) is 0 Å². The van der Waals surface area contributed by atoms with Crippen LogP contribution in [0.5, 0.6) is 0 Å². The summed E-state index contributed by atoms with van der Waals surface area (Å²) in [6.07, 6.45) is 0.696. The molecule has 1 heterocycles. The van der Waals surface area contributed by atoms with E-state index in [2.05, 4.69) is 15.3 Å². The van der Waals surface area contributed by atoms with Crippen LogP contribution in [0.3, 0.4) is 0 Å². The predicted molar refractivity (Wildman–Crippen MR) is 84.1 cm³/mol. The molecule has 0 aliphatic carbocycles. The van der Waals surface area contributed by atoms with Crippen molar-refractivity contribution < 1.29 is 9.53 Å². The number of hydrogen-bond acceptors (Lipinski definition) is 4. The van der Waals surface area contributed by atoms with Crippen molar-refractivity contribution in [2.75, 3.05) is 20.3 Å². The van der Waals surface area contributed by atoms with Gasteiger partial charge in [0.05, 0.1) is 5.69 Å². The number of carbonyl (C=O) groups is 1. The highest BCUT2D eigenvalue weighted by atomic mass is 35.5. The van der Waals surface area contributed by atoms with Crippen LogP contribution in [0.25, 0.3) is 11.3 Å². The molecule has 0 unspecified atom stereocenters. The molecule has 1 amide bonds. The van der Waals surface area contributed by atoms with E-state index in [1.54, 1.807) is 31.4 Å². The molecule has 0 spiro atoms. The van der Waals surface area contributed by atoms with Crippen molar-refractivity contribution in [3.63, 3.8) is 0 Å². The van der Waals surface area contributed by atoms with E-state index < -0.39 is 5.69 Å². The highest BCUT2D eigenvalue weighted by Crippen LogP contribution is 2.18. The first-order valence-electron chi connectivity index (χ1n) is 6.74. The highest BCUT2D eigenvalue weighted by Gasteiger charge is 2.10. The normalized spacial score (nSPS) is 10.5. The molecule has 2 rings (SSSR count). The number of ether oxygens (including phenoxy) is 1. The second kappa shape index (κ2) is 7.72. The van der Waals surface area contributed by atoms with Crippen LogP contribution >= 0.6 is 11.6 Å². The third-order valence-electron chi connectivity index (χ3n) is 2.94. The number of hydrogen-bond donors (Lipinski definition) is 2. The van der Waals surface area contributed by atoms with Crippen molar-refractivity contribution >= 4 is 17.5 Å². The Hall–Kier alpha value is -2.18. The lowest BCUT2D eigenvalue weighted by atomic mass is 10.1. The van der Waals surface area contributed by atoms with Gasteiger partial charge in [0.25, 0.3) is 5.91 Å². The third kappa shape index (κ3) is 4.41. The van der Waals surface area contributed by atoms with Crippen molar-refractivity contribution in [3.8, 4) is 11.3 Å². The fourth-order valence-corrected chi connectivity index (χ4v) is 1.99. The smallest absolute Gasteiger partial charge is 0.346 e. The first-order valence-corrected chi connectivity index (χ1v) is 7.12. The second-order valence-electron chi connectivity index (χ2n) is 4.59. The minimum absolute atomic E-state index is 0.169.